The van der Waals surface area contributed by atoms with Crippen LogP contribution in [0.4, 0.5) is 0 Å². The molecular weight excluding hydrogens is 450 g/mol. The van der Waals surface area contributed by atoms with Gasteiger partial charge in [-0.25, -0.2) is 0 Å². The monoisotopic (exact) mass is 503 g/mol. The molecule has 7 heteroatoms. The molecule has 0 saturated carbocycles. The minimum absolute atomic E-state index is 0.00758. The Morgan fingerprint density at radius 2 is 1.00 bits per heavy atom. The zero-order valence-corrected chi connectivity index (χ0v) is 24.6. The minimum Gasteiger partial charge on any atom is -0.460 e. The van der Waals surface area contributed by atoms with Crippen LogP contribution >= 0.6 is 0 Å². The van der Waals surface area contributed by atoms with Gasteiger partial charge in [-0.15, -0.1) is 4.98 Å². The Bertz CT molecular complexity index is 762. The average Bonchev–Trinajstić information content (AvgIpc) is 2.65. The summed E-state index contributed by atoms with van der Waals surface area (Å²) in [7, 11) is 0. The molecule has 1 aromatic rings. The molecule has 0 unspecified atom stereocenters. The summed E-state index contributed by atoms with van der Waals surface area (Å²) in [5.41, 5.74) is -0.0303. The number of nitrogens with one attached hydrogen (secondary N) is 2. The largest absolute Gasteiger partial charge is 0.460 e. The van der Waals surface area contributed by atoms with E-state index in [0.29, 0.717) is 12.0 Å². The van der Waals surface area contributed by atoms with E-state index in [0.717, 1.165) is 44.3 Å². The van der Waals surface area contributed by atoms with Gasteiger partial charge in [0.1, 0.15) is 18.0 Å². The lowest BCUT2D eigenvalue weighted by Crippen LogP contribution is -2.60. The van der Waals surface area contributed by atoms with E-state index in [1.54, 1.807) is 0 Å². The number of ether oxygens (including phenoxy) is 2. The fraction of sp³-hybridized carbons (Fsp3) is 0.897. The average molecular weight is 504 g/mol. The lowest BCUT2D eigenvalue weighted by molar-refractivity contribution is 0.0410. The van der Waals surface area contributed by atoms with Crippen LogP contribution < -0.4 is 20.1 Å². The van der Waals surface area contributed by atoms with Crippen LogP contribution in [0, 0.1) is 0 Å². The molecule has 3 heterocycles. The Balaban J connectivity index is 1.75. The highest BCUT2D eigenvalue weighted by molar-refractivity contribution is 5.09. The van der Waals surface area contributed by atoms with Gasteiger partial charge in [0.05, 0.1) is 0 Å². The molecule has 36 heavy (non-hydrogen) atoms. The second kappa shape index (κ2) is 11.5. The van der Waals surface area contributed by atoms with E-state index in [-0.39, 0.29) is 34.4 Å². The van der Waals surface area contributed by atoms with Gasteiger partial charge in [0, 0.05) is 54.3 Å². The number of aryl methyl sites for hydroxylation is 1. The first kappa shape index (κ1) is 29.1. The highest BCUT2D eigenvalue weighted by Gasteiger charge is 2.40. The molecule has 0 aromatic carbocycles. The third-order valence-corrected chi connectivity index (χ3v) is 7.24. The van der Waals surface area contributed by atoms with E-state index in [4.69, 9.17) is 19.4 Å². The predicted octanol–water partition coefficient (Wildman–Crippen LogP) is 6.15. The molecule has 2 saturated heterocycles. The van der Waals surface area contributed by atoms with Gasteiger partial charge in [-0.3, -0.25) is 0 Å². The van der Waals surface area contributed by atoms with Gasteiger partial charge >= 0.3 is 12.0 Å². The van der Waals surface area contributed by atoms with Gasteiger partial charge in [0.25, 0.3) is 0 Å². The molecule has 0 radical (unpaired) electrons. The fourth-order valence-electron chi connectivity index (χ4n) is 6.58. The molecule has 2 aliphatic rings. The first-order valence-electron chi connectivity index (χ1n) is 14.3. The predicted molar refractivity (Wildman–Crippen MR) is 147 cm³/mol. The van der Waals surface area contributed by atoms with E-state index < -0.39 is 0 Å². The van der Waals surface area contributed by atoms with Crippen LogP contribution in [0.15, 0.2) is 0 Å². The van der Waals surface area contributed by atoms with E-state index in [1.807, 2.05) is 0 Å². The second-order valence-electron chi connectivity index (χ2n) is 13.9. The van der Waals surface area contributed by atoms with Crippen LogP contribution in [-0.4, -0.2) is 49.3 Å². The summed E-state index contributed by atoms with van der Waals surface area (Å²) in [6.07, 6.45) is 12.0. The summed E-state index contributed by atoms with van der Waals surface area (Å²) >= 11 is 0. The first-order valence-corrected chi connectivity index (χ1v) is 14.3. The number of rotatable bonds is 11. The van der Waals surface area contributed by atoms with Crippen LogP contribution in [0.25, 0.3) is 0 Å². The third kappa shape index (κ3) is 9.44. The van der Waals surface area contributed by atoms with Crippen LogP contribution in [0.3, 0.4) is 0 Å². The summed E-state index contributed by atoms with van der Waals surface area (Å²) in [5.74, 6) is 0.783. The maximum absolute atomic E-state index is 6.44. The van der Waals surface area contributed by atoms with Crippen LogP contribution in [0.2, 0.25) is 0 Å². The molecule has 0 bridgehead atoms. The number of nitrogens with zero attached hydrogens (tertiary/aromatic N) is 3. The minimum atomic E-state index is -0.00758. The van der Waals surface area contributed by atoms with E-state index in [2.05, 4.69) is 77.9 Å². The Labute approximate surface area is 220 Å². The summed E-state index contributed by atoms with van der Waals surface area (Å²) in [4.78, 5) is 14.2. The van der Waals surface area contributed by atoms with E-state index in [1.165, 1.54) is 32.1 Å². The van der Waals surface area contributed by atoms with Crippen molar-refractivity contribution in [1.82, 2.24) is 25.6 Å². The van der Waals surface area contributed by atoms with Gasteiger partial charge in [-0.2, -0.15) is 9.97 Å². The molecule has 2 fully saturated rings. The third-order valence-electron chi connectivity index (χ3n) is 7.24. The number of unbranched alkanes of at least 4 members (excludes halogenated alkanes) is 5. The molecule has 1 aromatic heterocycles. The summed E-state index contributed by atoms with van der Waals surface area (Å²) in [6.45, 7) is 20.1. The summed E-state index contributed by atoms with van der Waals surface area (Å²) in [5, 5.41) is 7.45. The van der Waals surface area contributed by atoms with Crippen molar-refractivity contribution in [3.63, 3.8) is 0 Å². The summed E-state index contributed by atoms with van der Waals surface area (Å²) < 4.78 is 12.9. The number of aromatic nitrogens is 3. The molecular formula is C29H53N5O2. The van der Waals surface area contributed by atoms with E-state index >= 15 is 0 Å². The number of piperidine rings is 2. The fourth-order valence-corrected chi connectivity index (χ4v) is 6.58. The van der Waals surface area contributed by atoms with Gasteiger partial charge in [0.15, 0.2) is 0 Å². The van der Waals surface area contributed by atoms with Gasteiger partial charge in [-0.05, 0) is 61.8 Å². The van der Waals surface area contributed by atoms with Crippen molar-refractivity contribution in [2.75, 3.05) is 0 Å². The molecule has 206 valence electrons. The Hall–Kier alpha value is -1.47. The zero-order valence-electron chi connectivity index (χ0n) is 24.6. The molecule has 7 nitrogen and oxygen atoms in total. The lowest BCUT2D eigenvalue weighted by Gasteiger charge is -2.46. The van der Waals surface area contributed by atoms with Crippen LogP contribution in [0.5, 0.6) is 12.0 Å². The van der Waals surface area contributed by atoms with Crippen LogP contribution in [0.1, 0.15) is 132 Å². The van der Waals surface area contributed by atoms with Crippen LogP contribution in [-0.2, 0) is 6.42 Å². The van der Waals surface area contributed by atoms with Gasteiger partial charge in [0.2, 0.25) is 0 Å². The molecule has 0 spiro atoms. The Kier molecular flexibility index (Phi) is 9.30. The number of hydrogen-bond donors (Lipinski definition) is 2. The van der Waals surface area contributed by atoms with Crippen molar-refractivity contribution in [3.8, 4) is 12.0 Å². The van der Waals surface area contributed by atoms with Crippen molar-refractivity contribution in [2.45, 2.75) is 167 Å². The Morgan fingerprint density at radius 1 is 0.611 bits per heavy atom. The topological polar surface area (TPSA) is 81.2 Å². The highest BCUT2D eigenvalue weighted by Crippen LogP contribution is 2.33. The molecule has 0 aliphatic carbocycles. The maximum atomic E-state index is 6.44. The molecule has 0 atom stereocenters. The van der Waals surface area contributed by atoms with Crippen molar-refractivity contribution in [2.24, 2.45) is 0 Å². The van der Waals surface area contributed by atoms with Gasteiger partial charge < -0.3 is 20.1 Å². The SMILES string of the molecule is CCCCCCCCc1nc(OC2CC(C)(C)NC(C)(C)C2)nc(OC2CC(C)(C)NC(C)(C)C2)n1. The van der Waals surface area contributed by atoms with Crippen molar-refractivity contribution in [1.29, 1.82) is 0 Å². The molecule has 3 rings (SSSR count). The molecule has 0 amide bonds. The second-order valence-corrected chi connectivity index (χ2v) is 13.9. The van der Waals surface area contributed by atoms with Crippen molar-refractivity contribution in [3.05, 3.63) is 5.82 Å². The quantitative estimate of drug-likeness (QED) is 0.350. The van der Waals surface area contributed by atoms with Crippen molar-refractivity contribution >= 4 is 0 Å². The number of hydrogen-bond acceptors (Lipinski definition) is 7. The Morgan fingerprint density at radius 3 is 1.42 bits per heavy atom. The zero-order chi connectivity index (χ0) is 26.6. The molecule has 2 aliphatic heterocycles. The molecule has 2 N–H and O–H groups in total. The van der Waals surface area contributed by atoms with Crippen molar-refractivity contribution < 1.29 is 9.47 Å². The smallest absolute Gasteiger partial charge is 0.323 e. The van der Waals surface area contributed by atoms with E-state index in [9.17, 15) is 0 Å². The normalized spacial score (nSPS) is 23.4. The highest BCUT2D eigenvalue weighted by atomic mass is 16.5. The maximum Gasteiger partial charge on any atom is 0.323 e. The lowest BCUT2D eigenvalue weighted by atomic mass is 9.81. The summed E-state index contributed by atoms with van der Waals surface area (Å²) in [6, 6.07) is 0.818. The standard InChI is InChI=1S/C29H53N5O2/c1-10-11-12-13-14-15-16-23-30-24(35-21-17-26(2,3)33-27(4,5)18-21)32-25(31-23)36-22-19-28(6,7)34-29(8,9)20-22/h21-22,33-34H,10-20H2,1-9H3. The first-order chi connectivity index (χ1) is 16.7. The van der Waals surface area contributed by atoms with Gasteiger partial charge in [-0.1, -0.05) is 39.0 Å².